The van der Waals surface area contributed by atoms with Crippen molar-refractivity contribution >= 4 is 7.28 Å². The first-order valence-corrected chi connectivity index (χ1v) is 8.99. The molecule has 0 N–H and O–H groups in total. The second-order valence-electron chi connectivity index (χ2n) is 6.89. The summed E-state index contributed by atoms with van der Waals surface area (Å²) in [6, 6.07) is 4.00. The number of aryl methyl sites for hydroxylation is 2. The van der Waals surface area contributed by atoms with Crippen molar-refractivity contribution in [1.29, 1.82) is 0 Å². The topological polar surface area (TPSA) is 12.9 Å². The molecule has 1 nitrogen and oxygen atoms in total. The first-order valence-electron chi connectivity index (χ1n) is 8.99. The Bertz CT molecular complexity index is 355. The Kier molecular flexibility index (Phi) is 7.33. The van der Waals surface area contributed by atoms with E-state index in [9.17, 15) is 0 Å². The van der Waals surface area contributed by atoms with Crippen LogP contribution in [0.4, 0.5) is 0 Å². The molecule has 0 atom stereocenters. The maximum atomic E-state index is 4.08. The monoisotopic (exact) mass is 284 g/mol. The fraction of sp³-hybridized carbons (Fsp3) is 0.737. The lowest BCUT2D eigenvalue weighted by atomic mass is 9.48. The molecule has 2 aliphatic carbocycles. The molecule has 0 spiro atoms. The van der Waals surface area contributed by atoms with Crippen LogP contribution in [-0.2, 0) is 0 Å². The molecule has 1 heterocycles. The van der Waals surface area contributed by atoms with Gasteiger partial charge in [0.2, 0.25) is 0 Å². The van der Waals surface area contributed by atoms with Gasteiger partial charge in [-0.25, -0.2) is 0 Å². The van der Waals surface area contributed by atoms with Crippen LogP contribution < -0.4 is 0 Å². The molecule has 2 heteroatoms. The SMILES string of the molecule is Cc1cccnc1C.[B](C1CCCCC1)C1CCCCC1. The Hall–Kier alpha value is -0.785. The van der Waals surface area contributed by atoms with Crippen LogP contribution in [0.25, 0.3) is 0 Å². The van der Waals surface area contributed by atoms with E-state index >= 15 is 0 Å². The molecule has 0 unspecified atom stereocenters. The van der Waals surface area contributed by atoms with E-state index in [1.807, 2.05) is 19.2 Å². The predicted octanol–water partition coefficient (Wildman–Crippen LogP) is 5.89. The van der Waals surface area contributed by atoms with Crippen molar-refractivity contribution < 1.29 is 0 Å². The largest absolute Gasteiger partial charge is 0.261 e. The van der Waals surface area contributed by atoms with Gasteiger partial charge in [-0.3, -0.25) is 4.98 Å². The van der Waals surface area contributed by atoms with E-state index in [1.165, 1.54) is 69.8 Å². The number of pyridine rings is 1. The van der Waals surface area contributed by atoms with Gasteiger partial charge in [-0.1, -0.05) is 81.9 Å². The lowest BCUT2D eigenvalue weighted by Gasteiger charge is -2.27. The average molecular weight is 284 g/mol. The molecule has 21 heavy (non-hydrogen) atoms. The zero-order valence-corrected chi connectivity index (χ0v) is 14.0. The van der Waals surface area contributed by atoms with Crippen molar-refractivity contribution in [2.75, 3.05) is 0 Å². The Labute approximate surface area is 132 Å². The lowest BCUT2D eigenvalue weighted by molar-refractivity contribution is 0.470. The second kappa shape index (κ2) is 9.28. The molecule has 1 radical (unpaired) electrons. The highest BCUT2D eigenvalue weighted by Crippen LogP contribution is 2.36. The third kappa shape index (κ3) is 6.24. The summed E-state index contributed by atoms with van der Waals surface area (Å²) in [5.41, 5.74) is 2.38. The average Bonchev–Trinajstić information content (AvgIpc) is 2.53. The number of rotatable bonds is 2. The minimum atomic E-state index is 0.997. The van der Waals surface area contributed by atoms with E-state index in [0.717, 1.165) is 17.3 Å². The summed E-state index contributed by atoms with van der Waals surface area (Å²) in [5, 5.41) is 0. The van der Waals surface area contributed by atoms with Crippen molar-refractivity contribution in [2.45, 2.75) is 89.7 Å². The van der Waals surface area contributed by atoms with Crippen LogP contribution in [0.1, 0.15) is 75.5 Å². The molecule has 2 fully saturated rings. The van der Waals surface area contributed by atoms with Gasteiger partial charge in [-0.05, 0) is 25.5 Å². The van der Waals surface area contributed by atoms with Crippen LogP contribution in [0.15, 0.2) is 18.3 Å². The summed E-state index contributed by atoms with van der Waals surface area (Å²) in [6.45, 7) is 4.07. The summed E-state index contributed by atoms with van der Waals surface area (Å²) in [7, 11) is 2.72. The standard InChI is InChI=1S/C12H22B.C7H9N/c1-3-7-11(8-4-1)13-12-9-5-2-6-10-12;1-6-4-3-5-8-7(6)2/h11-12H,1-10H2;3-5H,1-2H3. The van der Waals surface area contributed by atoms with Crippen LogP contribution in [0.2, 0.25) is 11.6 Å². The Morgan fingerprint density at radius 2 is 1.38 bits per heavy atom. The highest BCUT2D eigenvalue weighted by molar-refractivity contribution is 6.39. The molecule has 1 aromatic rings. The highest BCUT2D eigenvalue weighted by Gasteiger charge is 2.21. The fourth-order valence-corrected chi connectivity index (χ4v) is 3.60. The van der Waals surface area contributed by atoms with E-state index < -0.39 is 0 Å². The molecule has 0 aromatic carbocycles. The third-order valence-corrected chi connectivity index (χ3v) is 5.12. The van der Waals surface area contributed by atoms with E-state index in [-0.39, 0.29) is 0 Å². The van der Waals surface area contributed by atoms with Gasteiger partial charge in [0.1, 0.15) is 7.28 Å². The Morgan fingerprint density at radius 3 is 1.76 bits per heavy atom. The van der Waals surface area contributed by atoms with Crippen molar-refractivity contribution in [1.82, 2.24) is 4.98 Å². The van der Waals surface area contributed by atoms with Gasteiger partial charge < -0.3 is 0 Å². The molecule has 2 aliphatic rings. The van der Waals surface area contributed by atoms with Crippen molar-refractivity contribution in [3.05, 3.63) is 29.6 Å². The molecular formula is C19H31BN. The van der Waals surface area contributed by atoms with Crippen molar-refractivity contribution in [3.63, 3.8) is 0 Å². The minimum absolute atomic E-state index is 0.997. The van der Waals surface area contributed by atoms with E-state index in [2.05, 4.69) is 25.3 Å². The quantitative estimate of drug-likeness (QED) is 0.617. The van der Waals surface area contributed by atoms with Gasteiger partial charge in [0.05, 0.1) is 0 Å². The molecule has 0 amide bonds. The van der Waals surface area contributed by atoms with Crippen LogP contribution in [-0.4, -0.2) is 12.3 Å². The fourth-order valence-electron chi connectivity index (χ4n) is 3.60. The van der Waals surface area contributed by atoms with Gasteiger partial charge >= 0.3 is 0 Å². The molecule has 115 valence electrons. The summed E-state index contributed by atoms with van der Waals surface area (Å²) in [5.74, 6) is 1.99. The van der Waals surface area contributed by atoms with E-state index in [0.29, 0.717) is 0 Å². The molecule has 0 saturated heterocycles. The first kappa shape index (κ1) is 16.6. The van der Waals surface area contributed by atoms with Crippen LogP contribution in [0.5, 0.6) is 0 Å². The predicted molar refractivity (Wildman–Crippen MR) is 93.1 cm³/mol. The number of hydrogen-bond acceptors (Lipinski definition) is 1. The van der Waals surface area contributed by atoms with Crippen LogP contribution >= 0.6 is 0 Å². The normalized spacial score (nSPS) is 20.5. The van der Waals surface area contributed by atoms with Gasteiger partial charge in [0.15, 0.2) is 0 Å². The second-order valence-corrected chi connectivity index (χ2v) is 6.89. The summed E-state index contributed by atoms with van der Waals surface area (Å²) >= 11 is 0. The van der Waals surface area contributed by atoms with E-state index in [4.69, 9.17) is 0 Å². The van der Waals surface area contributed by atoms with Gasteiger partial charge in [-0.2, -0.15) is 0 Å². The third-order valence-electron chi connectivity index (χ3n) is 5.12. The van der Waals surface area contributed by atoms with Gasteiger partial charge in [-0.15, -0.1) is 0 Å². The van der Waals surface area contributed by atoms with Crippen LogP contribution in [0.3, 0.4) is 0 Å². The van der Waals surface area contributed by atoms with Gasteiger partial charge in [0, 0.05) is 11.9 Å². The highest BCUT2D eigenvalue weighted by atomic mass is 14.6. The van der Waals surface area contributed by atoms with Crippen molar-refractivity contribution in [2.24, 2.45) is 0 Å². The summed E-state index contributed by atoms with van der Waals surface area (Å²) < 4.78 is 0. The van der Waals surface area contributed by atoms with E-state index in [1.54, 1.807) is 0 Å². The smallest absolute Gasteiger partial charge is 0.117 e. The zero-order chi connectivity index (χ0) is 14.9. The zero-order valence-electron chi connectivity index (χ0n) is 14.0. The van der Waals surface area contributed by atoms with Gasteiger partial charge in [0.25, 0.3) is 0 Å². The first-order chi connectivity index (χ1) is 10.3. The minimum Gasteiger partial charge on any atom is -0.261 e. The Balaban J connectivity index is 0.000000173. The van der Waals surface area contributed by atoms with Crippen LogP contribution in [0, 0.1) is 13.8 Å². The maximum absolute atomic E-state index is 4.08. The molecular weight excluding hydrogens is 253 g/mol. The number of nitrogens with zero attached hydrogens (tertiary/aromatic N) is 1. The molecule has 1 aromatic heterocycles. The van der Waals surface area contributed by atoms with Crippen molar-refractivity contribution in [3.8, 4) is 0 Å². The number of aromatic nitrogens is 1. The molecule has 3 rings (SSSR count). The summed E-state index contributed by atoms with van der Waals surface area (Å²) in [4.78, 5) is 4.08. The number of hydrogen-bond donors (Lipinski definition) is 0. The lowest BCUT2D eigenvalue weighted by Crippen LogP contribution is -2.16. The molecule has 0 aliphatic heterocycles. The maximum Gasteiger partial charge on any atom is 0.117 e. The summed E-state index contributed by atoms with van der Waals surface area (Å²) in [6.07, 6.45) is 16.8. The molecule has 2 saturated carbocycles. The Morgan fingerprint density at radius 1 is 0.857 bits per heavy atom. The molecule has 0 bridgehead atoms.